The fourth-order valence-corrected chi connectivity index (χ4v) is 1.24. The average molecular weight is 213 g/mol. The molecule has 7 heteroatoms. The van der Waals surface area contributed by atoms with Gasteiger partial charge in [-0.25, -0.2) is 4.79 Å². The molecule has 1 aromatic rings. The molecular formula is C7H7N3O3S. The zero-order valence-corrected chi connectivity index (χ0v) is 7.78. The van der Waals surface area contributed by atoms with Crippen LogP contribution in [0.3, 0.4) is 0 Å². The molecule has 0 aliphatic rings. The highest BCUT2D eigenvalue weighted by Gasteiger charge is 2.04. The van der Waals surface area contributed by atoms with Crippen LogP contribution in [-0.2, 0) is 0 Å². The van der Waals surface area contributed by atoms with Crippen LogP contribution in [0.25, 0.3) is 0 Å². The molecule has 0 saturated heterocycles. The number of nitrogens with one attached hydrogen (secondary N) is 1. The highest BCUT2D eigenvalue weighted by atomic mass is 32.2. The molecule has 14 heavy (non-hydrogen) atoms. The van der Waals surface area contributed by atoms with E-state index >= 15 is 0 Å². The summed E-state index contributed by atoms with van der Waals surface area (Å²) in [7, 11) is 0. The number of amides is 2. The molecule has 1 rings (SSSR count). The Kier molecular flexibility index (Phi) is 3.29. The Labute approximate surface area is 83.8 Å². The predicted molar refractivity (Wildman–Crippen MR) is 51.7 cm³/mol. The van der Waals surface area contributed by atoms with Gasteiger partial charge < -0.3 is 5.73 Å². The van der Waals surface area contributed by atoms with Crippen molar-refractivity contribution in [1.29, 1.82) is 0 Å². The number of benzene rings is 1. The third kappa shape index (κ3) is 2.94. The number of hydrogen-bond acceptors (Lipinski definition) is 4. The number of nitrogens with zero attached hydrogens (tertiary/aromatic N) is 1. The van der Waals surface area contributed by atoms with E-state index in [4.69, 9.17) is 5.73 Å². The second-order valence-corrected chi connectivity index (χ2v) is 3.20. The Hall–Kier alpha value is -1.76. The van der Waals surface area contributed by atoms with Crippen molar-refractivity contribution in [2.45, 2.75) is 4.90 Å². The first-order valence-corrected chi connectivity index (χ1v) is 4.38. The molecule has 0 unspecified atom stereocenters. The maximum atomic E-state index is 10.3. The number of nitro groups is 1. The van der Waals surface area contributed by atoms with Gasteiger partial charge in [0.15, 0.2) is 0 Å². The quantitative estimate of drug-likeness (QED) is 0.448. The van der Waals surface area contributed by atoms with Gasteiger partial charge in [0, 0.05) is 17.0 Å². The number of primary amides is 1. The molecule has 0 aliphatic carbocycles. The van der Waals surface area contributed by atoms with Crippen molar-refractivity contribution < 1.29 is 9.72 Å². The van der Waals surface area contributed by atoms with Gasteiger partial charge in [-0.3, -0.25) is 14.8 Å². The van der Waals surface area contributed by atoms with Gasteiger partial charge in [0.25, 0.3) is 5.69 Å². The molecule has 0 aliphatic heterocycles. The monoisotopic (exact) mass is 213 g/mol. The van der Waals surface area contributed by atoms with E-state index in [0.29, 0.717) is 4.90 Å². The van der Waals surface area contributed by atoms with E-state index in [1.807, 2.05) is 0 Å². The first kappa shape index (κ1) is 10.3. The Bertz CT molecular complexity index is 352. The lowest BCUT2D eigenvalue weighted by molar-refractivity contribution is -0.384. The van der Waals surface area contributed by atoms with Gasteiger partial charge in [-0.05, 0) is 24.1 Å². The zero-order chi connectivity index (χ0) is 10.6. The summed E-state index contributed by atoms with van der Waals surface area (Å²) < 4.78 is 2.30. The van der Waals surface area contributed by atoms with Crippen molar-refractivity contribution in [2.24, 2.45) is 5.73 Å². The summed E-state index contributed by atoms with van der Waals surface area (Å²) in [5, 5.41) is 10.3. The average Bonchev–Trinajstić information content (AvgIpc) is 2.15. The molecule has 0 heterocycles. The van der Waals surface area contributed by atoms with Gasteiger partial charge in [-0.1, -0.05) is 0 Å². The molecule has 0 atom stereocenters. The lowest BCUT2D eigenvalue weighted by Crippen LogP contribution is -2.22. The number of carbonyl (C=O) groups excluding carboxylic acids is 1. The van der Waals surface area contributed by atoms with Crippen molar-refractivity contribution in [3.8, 4) is 0 Å². The highest BCUT2D eigenvalue weighted by molar-refractivity contribution is 7.98. The second kappa shape index (κ2) is 4.47. The largest absolute Gasteiger partial charge is 0.351 e. The Balaban J connectivity index is 2.64. The van der Waals surface area contributed by atoms with Gasteiger partial charge in [0.2, 0.25) is 0 Å². The van der Waals surface area contributed by atoms with E-state index in [1.165, 1.54) is 24.3 Å². The van der Waals surface area contributed by atoms with Crippen LogP contribution >= 0.6 is 11.9 Å². The van der Waals surface area contributed by atoms with Crippen LogP contribution in [0.1, 0.15) is 0 Å². The van der Waals surface area contributed by atoms with Crippen molar-refractivity contribution in [1.82, 2.24) is 4.72 Å². The van der Waals surface area contributed by atoms with Crippen molar-refractivity contribution >= 4 is 23.7 Å². The second-order valence-electron chi connectivity index (χ2n) is 2.32. The lowest BCUT2D eigenvalue weighted by Gasteiger charge is -1.99. The van der Waals surface area contributed by atoms with Crippen LogP contribution in [0.4, 0.5) is 10.5 Å². The first-order chi connectivity index (χ1) is 6.59. The van der Waals surface area contributed by atoms with Crippen molar-refractivity contribution in [3.05, 3.63) is 34.4 Å². The molecule has 0 saturated carbocycles. The number of carbonyl (C=O) groups is 1. The number of rotatable bonds is 3. The first-order valence-electron chi connectivity index (χ1n) is 3.56. The summed E-state index contributed by atoms with van der Waals surface area (Å²) in [5.41, 5.74) is 4.85. The van der Waals surface area contributed by atoms with E-state index in [9.17, 15) is 14.9 Å². The third-order valence-electron chi connectivity index (χ3n) is 1.32. The normalized spacial score (nSPS) is 9.43. The molecule has 2 amide bonds. The highest BCUT2D eigenvalue weighted by Crippen LogP contribution is 2.18. The minimum Gasteiger partial charge on any atom is -0.351 e. The van der Waals surface area contributed by atoms with Gasteiger partial charge in [-0.15, -0.1) is 0 Å². The van der Waals surface area contributed by atoms with Crippen LogP contribution in [0.5, 0.6) is 0 Å². The van der Waals surface area contributed by atoms with Gasteiger partial charge in [-0.2, -0.15) is 0 Å². The van der Waals surface area contributed by atoms with Crippen LogP contribution in [0.2, 0.25) is 0 Å². The Morgan fingerprint density at radius 3 is 2.43 bits per heavy atom. The Morgan fingerprint density at radius 2 is 2.00 bits per heavy atom. The molecular weight excluding hydrogens is 206 g/mol. The molecule has 0 aromatic heterocycles. The van der Waals surface area contributed by atoms with E-state index in [1.54, 1.807) is 0 Å². The summed E-state index contributed by atoms with van der Waals surface area (Å²) in [5.74, 6) is 0. The van der Waals surface area contributed by atoms with E-state index in [-0.39, 0.29) is 5.69 Å². The Morgan fingerprint density at radius 1 is 1.43 bits per heavy atom. The minimum atomic E-state index is -0.659. The van der Waals surface area contributed by atoms with E-state index < -0.39 is 11.0 Å². The number of non-ortho nitro benzene ring substituents is 1. The van der Waals surface area contributed by atoms with Crippen LogP contribution in [0, 0.1) is 10.1 Å². The number of nitro benzene ring substituents is 1. The van der Waals surface area contributed by atoms with Crippen molar-refractivity contribution in [2.75, 3.05) is 0 Å². The summed E-state index contributed by atoms with van der Waals surface area (Å²) >= 11 is 1.00. The summed E-state index contributed by atoms with van der Waals surface area (Å²) in [6, 6.07) is 5.10. The molecule has 3 N–H and O–H groups in total. The molecule has 6 nitrogen and oxygen atoms in total. The minimum absolute atomic E-state index is 0.00780. The van der Waals surface area contributed by atoms with Crippen LogP contribution in [-0.4, -0.2) is 11.0 Å². The van der Waals surface area contributed by atoms with Gasteiger partial charge in [0.05, 0.1) is 4.92 Å². The standard InChI is InChI=1S/C7H7N3O3S/c8-7(11)9-14-6-3-1-5(2-4-6)10(12)13/h1-4H,(H3,8,9,11). The number of nitrogens with two attached hydrogens (primary N) is 1. The summed E-state index contributed by atoms with van der Waals surface area (Å²) in [4.78, 5) is 20.8. The molecule has 0 bridgehead atoms. The van der Waals surface area contributed by atoms with Crippen LogP contribution < -0.4 is 10.5 Å². The summed E-state index contributed by atoms with van der Waals surface area (Å²) in [6.07, 6.45) is 0. The molecule has 1 aromatic carbocycles. The maximum Gasteiger partial charge on any atom is 0.322 e. The summed E-state index contributed by atoms with van der Waals surface area (Å²) in [6.45, 7) is 0. The molecule has 74 valence electrons. The molecule has 0 fully saturated rings. The topological polar surface area (TPSA) is 98.3 Å². The smallest absolute Gasteiger partial charge is 0.322 e. The number of urea groups is 1. The number of hydrogen-bond donors (Lipinski definition) is 2. The fourth-order valence-electron chi connectivity index (χ4n) is 0.745. The third-order valence-corrected chi connectivity index (χ3v) is 2.13. The maximum absolute atomic E-state index is 10.3. The molecule has 0 spiro atoms. The zero-order valence-electron chi connectivity index (χ0n) is 6.97. The van der Waals surface area contributed by atoms with E-state index in [2.05, 4.69) is 4.72 Å². The molecule has 0 radical (unpaired) electrons. The van der Waals surface area contributed by atoms with E-state index in [0.717, 1.165) is 11.9 Å². The lowest BCUT2D eigenvalue weighted by atomic mass is 10.3. The van der Waals surface area contributed by atoms with Crippen LogP contribution in [0.15, 0.2) is 29.2 Å². The predicted octanol–water partition coefficient (Wildman–Crippen LogP) is 1.27. The fraction of sp³-hybridized carbons (Fsp3) is 0. The SMILES string of the molecule is NC(=O)NSc1ccc([N+](=O)[O-])cc1. The van der Waals surface area contributed by atoms with Gasteiger partial charge >= 0.3 is 6.03 Å². The van der Waals surface area contributed by atoms with Crippen molar-refractivity contribution in [3.63, 3.8) is 0 Å². The van der Waals surface area contributed by atoms with Gasteiger partial charge in [0.1, 0.15) is 0 Å².